The highest BCUT2D eigenvalue weighted by molar-refractivity contribution is 7.17. The minimum atomic E-state index is -0.0964. The van der Waals surface area contributed by atoms with E-state index in [1.54, 1.807) is 18.4 Å². The average molecular weight is 395 g/mol. The summed E-state index contributed by atoms with van der Waals surface area (Å²) in [5, 5.41) is 6.71. The van der Waals surface area contributed by atoms with E-state index in [2.05, 4.69) is 17.6 Å². The van der Waals surface area contributed by atoms with Gasteiger partial charge in [-0.3, -0.25) is 9.59 Å². The minimum Gasteiger partial charge on any atom is -0.383 e. The van der Waals surface area contributed by atoms with Crippen LogP contribution in [0.1, 0.15) is 53.4 Å². The molecule has 0 aromatic carbocycles. The van der Waals surface area contributed by atoms with Crippen molar-refractivity contribution in [2.75, 3.05) is 45.2 Å². The number of aryl methyl sites for hydroxylation is 1. The molecule has 1 aromatic rings. The Labute approximate surface area is 165 Å². The van der Waals surface area contributed by atoms with Crippen LogP contribution in [0.15, 0.2) is 0 Å². The first-order valence-corrected chi connectivity index (χ1v) is 10.9. The van der Waals surface area contributed by atoms with E-state index < -0.39 is 0 Å². The van der Waals surface area contributed by atoms with Crippen LogP contribution >= 0.6 is 11.3 Å². The van der Waals surface area contributed by atoms with Crippen molar-refractivity contribution in [2.24, 2.45) is 5.92 Å². The first kappa shape index (κ1) is 20.3. The van der Waals surface area contributed by atoms with E-state index in [-0.39, 0.29) is 11.8 Å². The zero-order valence-corrected chi connectivity index (χ0v) is 17.3. The Morgan fingerprint density at radius 1 is 1.22 bits per heavy atom. The predicted molar refractivity (Wildman–Crippen MR) is 108 cm³/mol. The van der Waals surface area contributed by atoms with E-state index in [9.17, 15) is 9.59 Å². The van der Waals surface area contributed by atoms with Crippen molar-refractivity contribution in [3.8, 4) is 0 Å². The van der Waals surface area contributed by atoms with Crippen LogP contribution < -0.4 is 15.5 Å². The number of rotatable bonds is 7. The molecular formula is C20H32N3O3S+. The zero-order valence-electron chi connectivity index (χ0n) is 16.5. The third-order valence-electron chi connectivity index (χ3n) is 5.63. The lowest BCUT2D eigenvalue weighted by Crippen LogP contribution is -3.14. The molecule has 1 aliphatic carbocycles. The molecule has 27 heavy (non-hydrogen) atoms. The van der Waals surface area contributed by atoms with E-state index >= 15 is 0 Å². The van der Waals surface area contributed by atoms with Gasteiger partial charge in [0.15, 0.2) is 6.54 Å². The number of carbonyl (C=O) groups is 2. The third kappa shape index (κ3) is 5.30. The van der Waals surface area contributed by atoms with Gasteiger partial charge < -0.3 is 20.3 Å². The Kier molecular flexibility index (Phi) is 7.26. The molecule has 1 aromatic heterocycles. The topological polar surface area (TPSA) is 71.9 Å². The number of hydrogen-bond acceptors (Lipinski definition) is 4. The third-order valence-corrected chi connectivity index (χ3v) is 6.84. The molecule has 2 amide bonds. The normalized spacial score (nSPS) is 22.1. The van der Waals surface area contributed by atoms with Gasteiger partial charge in [0.25, 0.3) is 11.8 Å². The van der Waals surface area contributed by atoms with Gasteiger partial charge in [-0.2, -0.15) is 0 Å². The standard InChI is InChI=1S/C20H31N3O3S/c1-14-7-10-23(11-8-14)13-17(24)22-20-18(19(25)21-9-12-26-2)15-5-3-4-6-16(15)27-20/h14H,3-13H2,1-2H3,(H,21,25)(H,22,24)/p+1. The van der Waals surface area contributed by atoms with E-state index in [0.717, 1.165) is 55.3 Å². The van der Waals surface area contributed by atoms with Crippen LogP contribution in [-0.4, -0.2) is 51.7 Å². The number of fused-ring (bicyclic) bond motifs is 1. The number of amides is 2. The number of ether oxygens (including phenoxy) is 1. The molecule has 2 aliphatic rings. The van der Waals surface area contributed by atoms with Gasteiger partial charge in [-0.05, 0) is 50.0 Å². The summed E-state index contributed by atoms with van der Waals surface area (Å²) >= 11 is 1.59. The van der Waals surface area contributed by atoms with Crippen LogP contribution in [0.25, 0.3) is 0 Å². The van der Waals surface area contributed by atoms with Crippen molar-refractivity contribution in [1.82, 2.24) is 5.32 Å². The molecule has 2 heterocycles. The van der Waals surface area contributed by atoms with E-state index in [1.807, 2.05) is 0 Å². The largest absolute Gasteiger partial charge is 0.383 e. The average Bonchev–Trinajstić information content (AvgIpc) is 3.01. The Morgan fingerprint density at radius 2 is 1.96 bits per heavy atom. The van der Waals surface area contributed by atoms with E-state index in [0.29, 0.717) is 25.3 Å². The molecule has 1 saturated heterocycles. The van der Waals surface area contributed by atoms with Crippen LogP contribution in [-0.2, 0) is 22.4 Å². The molecule has 0 bridgehead atoms. The molecule has 3 rings (SSSR count). The number of quaternary nitrogens is 1. The Balaban J connectivity index is 1.69. The Hall–Kier alpha value is -1.44. The smallest absolute Gasteiger partial charge is 0.280 e. The number of nitrogens with one attached hydrogen (secondary N) is 3. The fourth-order valence-electron chi connectivity index (χ4n) is 3.99. The summed E-state index contributed by atoms with van der Waals surface area (Å²) in [7, 11) is 1.62. The van der Waals surface area contributed by atoms with Gasteiger partial charge >= 0.3 is 0 Å². The van der Waals surface area contributed by atoms with Crippen LogP contribution in [0, 0.1) is 5.92 Å². The van der Waals surface area contributed by atoms with Gasteiger partial charge in [0, 0.05) is 18.5 Å². The summed E-state index contributed by atoms with van der Waals surface area (Å²) in [6.45, 7) is 5.83. The molecule has 150 valence electrons. The maximum Gasteiger partial charge on any atom is 0.280 e. The quantitative estimate of drug-likeness (QED) is 0.610. The SMILES string of the molecule is COCCNC(=O)c1c(NC(=O)C[NH+]2CCC(C)CC2)sc2c1CCCC2. The molecule has 0 unspecified atom stereocenters. The molecule has 0 spiro atoms. The van der Waals surface area contributed by atoms with Gasteiger partial charge in [-0.15, -0.1) is 11.3 Å². The lowest BCUT2D eigenvalue weighted by molar-refractivity contribution is -0.897. The second-order valence-electron chi connectivity index (χ2n) is 7.82. The Morgan fingerprint density at radius 3 is 2.70 bits per heavy atom. The van der Waals surface area contributed by atoms with Crippen molar-refractivity contribution in [3.63, 3.8) is 0 Å². The lowest BCUT2D eigenvalue weighted by Gasteiger charge is -2.26. The number of hydrogen-bond donors (Lipinski definition) is 3. The number of thiophene rings is 1. The highest BCUT2D eigenvalue weighted by Crippen LogP contribution is 2.38. The molecule has 1 aliphatic heterocycles. The van der Waals surface area contributed by atoms with Crippen LogP contribution in [0.2, 0.25) is 0 Å². The van der Waals surface area contributed by atoms with Crippen molar-refractivity contribution in [2.45, 2.75) is 45.4 Å². The van der Waals surface area contributed by atoms with E-state index in [4.69, 9.17) is 4.74 Å². The van der Waals surface area contributed by atoms with Crippen molar-refractivity contribution >= 4 is 28.2 Å². The molecule has 0 atom stereocenters. The molecule has 3 N–H and O–H groups in total. The molecular weight excluding hydrogens is 362 g/mol. The summed E-state index contributed by atoms with van der Waals surface area (Å²) in [5.41, 5.74) is 1.82. The predicted octanol–water partition coefficient (Wildman–Crippen LogP) is 1.26. The Bertz CT molecular complexity index is 666. The number of anilines is 1. The van der Waals surface area contributed by atoms with Gasteiger partial charge in [-0.1, -0.05) is 6.92 Å². The van der Waals surface area contributed by atoms with Gasteiger partial charge in [0.2, 0.25) is 0 Å². The zero-order chi connectivity index (χ0) is 19.2. The summed E-state index contributed by atoms with van der Waals surface area (Å²) < 4.78 is 5.02. The monoisotopic (exact) mass is 394 g/mol. The first-order valence-electron chi connectivity index (χ1n) is 10.1. The molecule has 6 nitrogen and oxygen atoms in total. The van der Waals surface area contributed by atoms with Crippen LogP contribution in [0.3, 0.4) is 0 Å². The second-order valence-corrected chi connectivity index (χ2v) is 8.93. The second kappa shape index (κ2) is 9.66. The highest BCUT2D eigenvalue weighted by atomic mass is 32.1. The van der Waals surface area contributed by atoms with Gasteiger partial charge in [0.05, 0.1) is 25.3 Å². The minimum absolute atomic E-state index is 0.0177. The highest BCUT2D eigenvalue weighted by Gasteiger charge is 2.27. The number of methoxy groups -OCH3 is 1. The number of piperidine rings is 1. The summed E-state index contributed by atoms with van der Waals surface area (Å²) in [6, 6.07) is 0. The number of carbonyl (C=O) groups excluding carboxylic acids is 2. The molecule has 0 saturated carbocycles. The summed E-state index contributed by atoms with van der Waals surface area (Å²) in [4.78, 5) is 28.0. The maximum absolute atomic E-state index is 12.8. The fourth-order valence-corrected chi connectivity index (χ4v) is 5.30. The lowest BCUT2D eigenvalue weighted by atomic mass is 9.95. The summed E-state index contributed by atoms with van der Waals surface area (Å²) in [5.74, 6) is 0.688. The van der Waals surface area contributed by atoms with Gasteiger partial charge in [0.1, 0.15) is 5.00 Å². The molecule has 0 radical (unpaired) electrons. The summed E-state index contributed by atoms with van der Waals surface area (Å²) in [6.07, 6.45) is 6.55. The van der Waals surface area contributed by atoms with Crippen molar-refractivity contribution < 1.29 is 19.2 Å². The van der Waals surface area contributed by atoms with Crippen molar-refractivity contribution in [1.29, 1.82) is 0 Å². The number of likely N-dealkylation sites (tertiary alicyclic amines) is 1. The maximum atomic E-state index is 12.8. The van der Waals surface area contributed by atoms with Crippen LogP contribution in [0.4, 0.5) is 5.00 Å². The fraction of sp³-hybridized carbons (Fsp3) is 0.700. The first-order chi connectivity index (χ1) is 13.1. The van der Waals surface area contributed by atoms with Crippen molar-refractivity contribution in [3.05, 3.63) is 16.0 Å². The molecule has 1 fully saturated rings. The van der Waals surface area contributed by atoms with Gasteiger partial charge in [-0.25, -0.2) is 0 Å². The van der Waals surface area contributed by atoms with Crippen LogP contribution in [0.5, 0.6) is 0 Å². The van der Waals surface area contributed by atoms with E-state index in [1.165, 1.54) is 22.6 Å². The molecule has 7 heteroatoms.